The SMILES string of the molecule is CCNCCNC(=O)c1ccn(S(=O)(=O)c2ccc(C)cc2)c1.Cl. The molecule has 0 aliphatic heterocycles. The molecule has 0 fully saturated rings. The summed E-state index contributed by atoms with van der Waals surface area (Å²) in [6.45, 7) is 5.87. The number of likely N-dealkylation sites (N-methyl/N-ethyl adjacent to an activating group) is 1. The van der Waals surface area contributed by atoms with Crippen LogP contribution in [0.5, 0.6) is 0 Å². The van der Waals surface area contributed by atoms with Crippen LogP contribution in [0.3, 0.4) is 0 Å². The van der Waals surface area contributed by atoms with E-state index in [4.69, 9.17) is 0 Å². The number of aryl methyl sites for hydroxylation is 1. The van der Waals surface area contributed by atoms with Crippen LogP contribution < -0.4 is 10.6 Å². The Bertz CT molecular complexity index is 770. The Morgan fingerprint density at radius 2 is 1.79 bits per heavy atom. The van der Waals surface area contributed by atoms with Gasteiger partial charge in [0.2, 0.25) is 0 Å². The number of hydrogen-bond acceptors (Lipinski definition) is 4. The number of halogens is 1. The number of nitrogens with one attached hydrogen (secondary N) is 2. The maximum absolute atomic E-state index is 12.5. The average Bonchev–Trinajstić information content (AvgIpc) is 3.02. The van der Waals surface area contributed by atoms with Gasteiger partial charge in [0.15, 0.2) is 0 Å². The second-order valence-corrected chi connectivity index (χ2v) is 7.00. The highest BCUT2D eigenvalue weighted by atomic mass is 35.5. The van der Waals surface area contributed by atoms with Crippen molar-refractivity contribution in [1.82, 2.24) is 14.6 Å². The minimum atomic E-state index is -3.67. The normalized spacial score (nSPS) is 10.9. The number of carbonyl (C=O) groups excluding carboxylic acids is 1. The maximum atomic E-state index is 12.5. The van der Waals surface area contributed by atoms with Crippen LogP contribution >= 0.6 is 12.4 Å². The van der Waals surface area contributed by atoms with Crippen LogP contribution in [0, 0.1) is 6.92 Å². The molecular weight excluding hydrogens is 350 g/mol. The largest absolute Gasteiger partial charge is 0.351 e. The molecule has 0 bridgehead atoms. The van der Waals surface area contributed by atoms with Crippen molar-refractivity contribution in [3.63, 3.8) is 0 Å². The number of nitrogens with zero attached hydrogens (tertiary/aromatic N) is 1. The van der Waals surface area contributed by atoms with Crippen molar-refractivity contribution < 1.29 is 13.2 Å². The van der Waals surface area contributed by atoms with Crippen LogP contribution in [0.25, 0.3) is 0 Å². The van der Waals surface area contributed by atoms with Gasteiger partial charge >= 0.3 is 0 Å². The van der Waals surface area contributed by atoms with Crippen LogP contribution in [0.2, 0.25) is 0 Å². The number of rotatable bonds is 7. The molecule has 1 amide bonds. The van der Waals surface area contributed by atoms with Gasteiger partial charge in [0, 0.05) is 25.5 Å². The molecule has 8 heteroatoms. The zero-order valence-corrected chi connectivity index (χ0v) is 15.3. The lowest BCUT2D eigenvalue weighted by atomic mass is 10.2. The molecule has 0 saturated heterocycles. The Morgan fingerprint density at radius 3 is 2.42 bits per heavy atom. The molecule has 0 spiro atoms. The van der Waals surface area contributed by atoms with Crippen LogP contribution in [0.1, 0.15) is 22.8 Å². The van der Waals surface area contributed by atoms with Crippen molar-refractivity contribution in [1.29, 1.82) is 0 Å². The van der Waals surface area contributed by atoms with Gasteiger partial charge in [0.25, 0.3) is 15.9 Å². The molecule has 2 rings (SSSR count). The minimum absolute atomic E-state index is 0. The lowest BCUT2D eigenvalue weighted by Gasteiger charge is -2.06. The van der Waals surface area contributed by atoms with Gasteiger partial charge in [-0.3, -0.25) is 4.79 Å². The van der Waals surface area contributed by atoms with Crippen molar-refractivity contribution in [2.75, 3.05) is 19.6 Å². The van der Waals surface area contributed by atoms with E-state index >= 15 is 0 Å². The quantitative estimate of drug-likeness (QED) is 0.727. The Labute approximate surface area is 148 Å². The summed E-state index contributed by atoms with van der Waals surface area (Å²) in [5, 5.41) is 5.83. The topological polar surface area (TPSA) is 80.2 Å². The van der Waals surface area contributed by atoms with Crippen LogP contribution in [-0.4, -0.2) is 37.9 Å². The highest BCUT2D eigenvalue weighted by Crippen LogP contribution is 2.15. The van der Waals surface area contributed by atoms with Gasteiger partial charge in [-0.05, 0) is 31.7 Å². The van der Waals surface area contributed by atoms with Crippen LogP contribution in [-0.2, 0) is 10.0 Å². The summed E-state index contributed by atoms with van der Waals surface area (Å²) in [6.07, 6.45) is 2.71. The molecule has 1 aromatic carbocycles. The summed E-state index contributed by atoms with van der Waals surface area (Å²) in [5.41, 5.74) is 1.30. The van der Waals surface area contributed by atoms with Gasteiger partial charge in [0.1, 0.15) is 0 Å². The first-order chi connectivity index (χ1) is 10.9. The molecule has 0 radical (unpaired) electrons. The highest BCUT2D eigenvalue weighted by Gasteiger charge is 2.18. The Balaban J connectivity index is 0.00000288. The molecule has 0 aliphatic rings. The predicted molar refractivity (Wildman–Crippen MR) is 96.3 cm³/mol. The van der Waals surface area contributed by atoms with Gasteiger partial charge in [-0.15, -0.1) is 12.4 Å². The van der Waals surface area contributed by atoms with Crippen molar-refractivity contribution in [2.45, 2.75) is 18.7 Å². The first-order valence-corrected chi connectivity index (χ1v) is 8.88. The number of hydrogen-bond donors (Lipinski definition) is 2. The molecule has 24 heavy (non-hydrogen) atoms. The van der Waals surface area contributed by atoms with Gasteiger partial charge < -0.3 is 10.6 Å². The molecule has 1 heterocycles. The molecule has 2 aromatic rings. The summed E-state index contributed by atoms with van der Waals surface area (Å²) in [5.74, 6) is -0.291. The van der Waals surface area contributed by atoms with Gasteiger partial charge in [0.05, 0.1) is 10.5 Å². The van der Waals surface area contributed by atoms with Crippen LogP contribution in [0.4, 0.5) is 0 Å². The second-order valence-electron chi connectivity index (χ2n) is 5.16. The first kappa shape index (κ1) is 20.2. The Kier molecular flexibility index (Phi) is 7.47. The fourth-order valence-electron chi connectivity index (χ4n) is 2.04. The van der Waals surface area contributed by atoms with E-state index < -0.39 is 10.0 Å². The molecule has 1 aromatic heterocycles. The third-order valence-electron chi connectivity index (χ3n) is 3.36. The van der Waals surface area contributed by atoms with Crippen molar-refractivity contribution >= 4 is 28.3 Å². The van der Waals surface area contributed by atoms with Gasteiger partial charge in [-0.2, -0.15) is 0 Å². The Morgan fingerprint density at radius 1 is 1.12 bits per heavy atom. The van der Waals surface area contributed by atoms with E-state index in [1.54, 1.807) is 24.3 Å². The Hall–Kier alpha value is -1.83. The number of benzene rings is 1. The molecule has 0 unspecified atom stereocenters. The fraction of sp³-hybridized carbons (Fsp3) is 0.312. The van der Waals surface area contributed by atoms with E-state index in [2.05, 4.69) is 10.6 Å². The molecular formula is C16H22ClN3O3S. The number of aromatic nitrogens is 1. The third-order valence-corrected chi connectivity index (χ3v) is 5.01. The van der Waals surface area contributed by atoms with Crippen molar-refractivity contribution in [3.8, 4) is 0 Å². The maximum Gasteiger partial charge on any atom is 0.267 e. The van der Waals surface area contributed by atoms with E-state index in [9.17, 15) is 13.2 Å². The van der Waals surface area contributed by atoms with Crippen LogP contribution in [0.15, 0.2) is 47.6 Å². The first-order valence-electron chi connectivity index (χ1n) is 7.44. The van der Waals surface area contributed by atoms with E-state index in [-0.39, 0.29) is 23.2 Å². The van der Waals surface area contributed by atoms with Crippen molar-refractivity contribution in [2.24, 2.45) is 0 Å². The van der Waals surface area contributed by atoms with E-state index in [0.717, 1.165) is 16.1 Å². The summed E-state index contributed by atoms with van der Waals surface area (Å²) < 4.78 is 26.1. The van der Waals surface area contributed by atoms with E-state index in [0.29, 0.717) is 18.7 Å². The fourth-order valence-corrected chi connectivity index (χ4v) is 3.23. The molecule has 0 aliphatic carbocycles. The molecule has 0 saturated carbocycles. The van der Waals surface area contributed by atoms with Gasteiger partial charge in [-0.1, -0.05) is 24.6 Å². The van der Waals surface area contributed by atoms with Gasteiger partial charge in [-0.25, -0.2) is 12.4 Å². The number of carbonyl (C=O) groups is 1. The molecule has 0 atom stereocenters. The molecule has 6 nitrogen and oxygen atoms in total. The average molecular weight is 372 g/mol. The van der Waals surface area contributed by atoms with E-state index in [1.807, 2.05) is 13.8 Å². The minimum Gasteiger partial charge on any atom is -0.351 e. The summed E-state index contributed by atoms with van der Waals surface area (Å²) in [4.78, 5) is 12.2. The third kappa shape index (κ3) is 4.83. The monoisotopic (exact) mass is 371 g/mol. The predicted octanol–water partition coefficient (Wildman–Crippen LogP) is 1.79. The van der Waals surface area contributed by atoms with Crippen molar-refractivity contribution in [3.05, 3.63) is 53.9 Å². The standard InChI is InChI=1S/C16H21N3O3S.ClH/c1-3-17-9-10-18-16(20)14-8-11-19(12-14)23(21,22)15-6-4-13(2)5-7-15;/h4-8,11-12,17H,3,9-10H2,1-2H3,(H,18,20);1H. The lowest BCUT2D eigenvalue weighted by molar-refractivity contribution is 0.0954. The summed E-state index contributed by atoms with van der Waals surface area (Å²) in [7, 11) is -3.67. The zero-order valence-electron chi connectivity index (χ0n) is 13.7. The highest BCUT2D eigenvalue weighted by molar-refractivity contribution is 7.90. The lowest BCUT2D eigenvalue weighted by Crippen LogP contribution is -2.31. The molecule has 132 valence electrons. The zero-order chi connectivity index (χ0) is 16.9. The van der Waals surface area contributed by atoms with E-state index in [1.165, 1.54) is 18.5 Å². The summed E-state index contributed by atoms with van der Waals surface area (Å²) >= 11 is 0. The second kappa shape index (κ2) is 8.86. The smallest absolute Gasteiger partial charge is 0.267 e. The molecule has 2 N–H and O–H groups in total. The summed E-state index contributed by atoms with van der Waals surface area (Å²) in [6, 6.07) is 8.09. The number of amides is 1.